The van der Waals surface area contributed by atoms with Gasteiger partial charge in [-0.1, -0.05) is 25.6 Å². The second-order valence-corrected chi connectivity index (χ2v) is 9.01. The van der Waals surface area contributed by atoms with Crippen LogP contribution < -0.4 is 10.1 Å². The molecule has 1 amide bonds. The predicted octanol–water partition coefficient (Wildman–Crippen LogP) is 3.84. The quantitative estimate of drug-likeness (QED) is 0.348. The topological polar surface area (TPSA) is 108 Å². The third-order valence-electron chi connectivity index (χ3n) is 4.32. The fourth-order valence-corrected chi connectivity index (χ4v) is 4.62. The molecule has 3 rings (SSSR count). The standard InChI is InChI=1S/C21H25N5O4S2/c1-5-30-20(28)18-14(10-13(2)3)11-31-19(18)22-17(27)12-32-21-23-24-25-26(21)15-6-8-16(29-4)9-7-15/h6-9,11,13H,5,10,12H2,1-4H3,(H,22,27). The number of thiophene rings is 1. The van der Waals surface area contributed by atoms with E-state index in [4.69, 9.17) is 9.47 Å². The zero-order chi connectivity index (χ0) is 23.1. The highest BCUT2D eigenvalue weighted by Crippen LogP contribution is 2.31. The summed E-state index contributed by atoms with van der Waals surface area (Å²) in [5.74, 6) is 0.490. The van der Waals surface area contributed by atoms with Crippen LogP contribution in [0, 0.1) is 5.92 Å². The Labute approximate surface area is 194 Å². The van der Waals surface area contributed by atoms with Crippen molar-refractivity contribution in [2.45, 2.75) is 32.3 Å². The Morgan fingerprint density at radius 3 is 2.66 bits per heavy atom. The predicted molar refractivity (Wildman–Crippen MR) is 124 cm³/mol. The fraction of sp³-hybridized carbons (Fsp3) is 0.381. The molecule has 1 aromatic carbocycles. The number of nitrogens with one attached hydrogen (secondary N) is 1. The minimum Gasteiger partial charge on any atom is -0.497 e. The zero-order valence-corrected chi connectivity index (χ0v) is 20.0. The third kappa shape index (κ3) is 5.86. The van der Waals surface area contributed by atoms with E-state index >= 15 is 0 Å². The lowest BCUT2D eigenvalue weighted by atomic mass is 10.0. The number of benzene rings is 1. The van der Waals surface area contributed by atoms with E-state index in [2.05, 4.69) is 34.7 Å². The van der Waals surface area contributed by atoms with E-state index in [-0.39, 0.29) is 18.3 Å². The zero-order valence-electron chi connectivity index (χ0n) is 18.3. The van der Waals surface area contributed by atoms with E-state index < -0.39 is 5.97 Å². The lowest BCUT2D eigenvalue weighted by molar-refractivity contribution is -0.113. The van der Waals surface area contributed by atoms with Crippen molar-refractivity contribution in [1.82, 2.24) is 20.2 Å². The summed E-state index contributed by atoms with van der Waals surface area (Å²) in [6.07, 6.45) is 0.728. The number of hydrogen-bond donors (Lipinski definition) is 1. The smallest absolute Gasteiger partial charge is 0.341 e. The number of carbonyl (C=O) groups excluding carboxylic acids is 2. The van der Waals surface area contributed by atoms with E-state index in [1.807, 2.05) is 17.5 Å². The molecule has 0 aliphatic carbocycles. The van der Waals surface area contributed by atoms with Crippen molar-refractivity contribution >= 4 is 40.0 Å². The molecule has 0 aliphatic heterocycles. The molecular formula is C21H25N5O4S2. The summed E-state index contributed by atoms with van der Waals surface area (Å²) in [6, 6.07) is 7.26. The molecule has 0 radical (unpaired) electrons. The van der Waals surface area contributed by atoms with Crippen LogP contribution in [0.4, 0.5) is 5.00 Å². The van der Waals surface area contributed by atoms with Crippen LogP contribution >= 0.6 is 23.1 Å². The highest BCUT2D eigenvalue weighted by atomic mass is 32.2. The summed E-state index contributed by atoms with van der Waals surface area (Å²) >= 11 is 2.53. The Morgan fingerprint density at radius 2 is 2.00 bits per heavy atom. The Hall–Kier alpha value is -2.92. The number of rotatable bonds is 10. The lowest BCUT2D eigenvalue weighted by Gasteiger charge is -2.10. The number of methoxy groups -OCH3 is 1. The highest BCUT2D eigenvalue weighted by molar-refractivity contribution is 7.99. The maximum absolute atomic E-state index is 12.6. The normalized spacial score (nSPS) is 10.9. The van der Waals surface area contributed by atoms with Gasteiger partial charge in [-0.3, -0.25) is 4.79 Å². The average Bonchev–Trinajstić information content (AvgIpc) is 3.39. The van der Waals surface area contributed by atoms with Crippen LogP contribution in [0.25, 0.3) is 5.69 Å². The maximum atomic E-state index is 12.6. The van der Waals surface area contributed by atoms with E-state index in [1.165, 1.54) is 23.1 Å². The van der Waals surface area contributed by atoms with Gasteiger partial charge in [0, 0.05) is 0 Å². The Balaban J connectivity index is 1.69. The monoisotopic (exact) mass is 475 g/mol. The van der Waals surface area contributed by atoms with Crippen LogP contribution in [-0.2, 0) is 16.0 Å². The van der Waals surface area contributed by atoms with Gasteiger partial charge in [-0.2, -0.15) is 4.68 Å². The number of hydrogen-bond acceptors (Lipinski definition) is 9. The first-order valence-electron chi connectivity index (χ1n) is 10.1. The number of amides is 1. The second-order valence-electron chi connectivity index (χ2n) is 7.19. The van der Waals surface area contributed by atoms with Gasteiger partial charge in [0.05, 0.1) is 30.7 Å². The Morgan fingerprint density at radius 1 is 1.25 bits per heavy atom. The van der Waals surface area contributed by atoms with E-state index in [9.17, 15) is 9.59 Å². The number of nitrogens with zero attached hydrogens (tertiary/aromatic N) is 4. The Kier molecular flexibility index (Phi) is 8.23. The molecule has 0 unspecified atom stereocenters. The van der Waals surface area contributed by atoms with Gasteiger partial charge in [0.15, 0.2) is 0 Å². The van der Waals surface area contributed by atoms with Crippen molar-refractivity contribution in [2.75, 3.05) is 24.8 Å². The van der Waals surface area contributed by atoms with Gasteiger partial charge in [0.25, 0.3) is 0 Å². The molecule has 170 valence electrons. The van der Waals surface area contributed by atoms with E-state index in [1.54, 1.807) is 30.8 Å². The van der Waals surface area contributed by atoms with Crippen molar-refractivity contribution in [2.24, 2.45) is 5.92 Å². The molecule has 0 aliphatic rings. The molecule has 9 nitrogen and oxygen atoms in total. The molecule has 0 saturated carbocycles. The summed E-state index contributed by atoms with van der Waals surface area (Å²) in [6.45, 7) is 6.18. The van der Waals surface area contributed by atoms with Gasteiger partial charge in [-0.05, 0) is 64.9 Å². The number of tetrazole rings is 1. The SMILES string of the molecule is CCOC(=O)c1c(CC(C)C)csc1NC(=O)CSc1nnnn1-c1ccc(OC)cc1. The van der Waals surface area contributed by atoms with Gasteiger partial charge >= 0.3 is 5.97 Å². The van der Waals surface area contributed by atoms with Gasteiger partial charge in [-0.25, -0.2) is 4.79 Å². The van der Waals surface area contributed by atoms with E-state index in [0.717, 1.165) is 23.4 Å². The number of aromatic nitrogens is 4. The number of anilines is 1. The lowest BCUT2D eigenvalue weighted by Crippen LogP contribution is -2.17. The number of ether oxygens (including phenoxy) is 2. The van der Waals surface area contributed by atoms with Crippen molar-refractivity contribution < 1.29 is 19.1 Å². The van der Waals surface area contributed by atoms with Crippen LogP contribution in [-0.4, -0.2) is 51.6 Å². The second kappa shape index (κ2) is 11.1. The first-order chi connectivity index (χ1) is 15.4. The van der Waals surface area contributed by atoms with Crippen molar-refractivity contribution in [1.29, 1.82) is 0 Å². The minimum absolute atomic E-state index is 0.0796. The van der Waals surface area contributed by atoms with Crippen LogP contribution in [0.1, 0.15) is 36.7 Å². The molecule has 0 atom stereocenters. The van der Waals surface area contributed by atoms with Crippen molar-refractivity contribution in [3.05, 3.63) is 40.8 Å². The molecule has 2 heterocycles. The van der Waals surface area contributed by atoms with E-state index in [0.29, 0.717) is 21.6 Å². The van der Waals surface area contributed by atoms with Crippen LogP contribution in [0.3, 0.4) is 0 Å². The van der Waals surface area contributed by atoms with Crippen LogP contribution in [0.5, 0.6) is 5.75 Å². The number of thioether (sulfide) groups is 1. The largest absolute Gasteiger partial charge is 0.497 e. The van der Waals surface area contributed by atoms with Gasteiger partial charge < -0.3 is 14.8 Å². The molecule has 0 saturated heterocycles. The van der Waals surface area contributed by atoms with Gasteiger partial charge in [0.2, 0.25) is 11.1 Å². The first-order valence-corrected chi connectivity index (χ1v) is 11.9. The molecule has 32 heavy (non-hydrogen) atoms. The number of carbonyl (C=O) groups is 2. The molecular weight excluding hydrogens is 450 g/mol. The maximum Gasteiger partial charge on any atom is 0.341 e. The summed E-state index contributed by atoms with van der Waals surface area (Å²) in [5, 5.41) is 17.4. The number of esters is 1. The summed E-state index contributed by atoms with van der Waals surface area (Å²) in [4.78, 5) is 25.1. The summed E-state index contributed by atoms with van der Waals surface area (Å²) in [5.41, 5.74) is 2.07. The molecule has 0 fully saturated rings. The fourth-order valence-electron chi connectivity index (χ4n) is 2.95. The molecule has 11 heteroatoms. The molecule has 3 aromatic rings. The first kappa shape index (κ1) is 23.7. The Bertz CT molecular complexity index is 1060. The third-order valence-corrected chi connectivity index (χ3v) is 6.18. The molecule has 0 bridgehead atoms. The molecule has 2 aromatic heterocycles. The summed E-state index contributed by atoms with van der Waals surface area (Å²) < 4.78 is 11.9. The highest BCUT2D eigenvalue weighted by Gasteiger charge is 2.22. The molecule has 0 spiro atoms. The van der Waals surface area contributed by atoms with Gasteiger partial charge in [0.1, 0.15) is 10.8 Å². The van der Waals surface area contributed by atoms with Crippen molar-refractivity contribution in [3.63, 3.8) is 0 Å². The average molecular weight is 476 g/mol. The molecule has 1 N–H and O–H groups in total. The van der Waals surface area contributed by atoms with Crippen molar-refractivity contribution in [3.8, 4) is 11.4 Å². The summed E-state index contributed by atoms with van der Waals surface area (Å²) in [7, 11) is 1.60. The van der Waals surface area contributed by atoms with Crippen LogP contribution in [0.15, 0.2) is 34.8 Å². The van der Waals surface area contributed by atoms with Gasteiger partial charge in [-0.15, -0.1) is 16.4 Å². The minimum atomic E-state index is -0.421. The van der Waals surface area contributed by atoms with Crippen LogP contribution in [0.2, 0.25) is 0 Å².